The van der Waals surface area contributed by atoms with Crippen LogP contribution in [0.4, 0.5) is 5.69 Å². The zero-order valence-electron chi connectivity index (χ0n) is 21.6. The number of benzene rings is 2. The third kappa shape index (κ3) is 7.28. The first-order valence-electron chi connectivity index (χ1n) is 12.6. The highest BCUT2D eigenvalue weighted by Gasteiger charge is 2.32. The average molecular weight is 485 g/mol. The van der Waals surface area contributed by atoms with Gasteiger partial charge < -0.3 is 5.84 Å². The molecule has 6 nitrogen and oxygen atoms in total. The van der Waals surface area contributed by atoms with Gasteiger partial charge in [-0.15, -0.1) is 0 Å². The summed E-state index contributed by atoms with van der Waals surface area (Å²) in [6, 6.07) is 18.2. The summed E-state index contributed by atoms with van der Waals surface area (Å²) in [7, 11) is 0. The second kappa shape index (κ2) is 14.2. The summed E-state index contributed by atoms with van der Waals surface area (Å²) in [6.45, 7) is 12.7. The summed E-state index contributed by atoms with van der Waals surface area (Å²) in [5, 5.41) is 5.85. The standard InChI is InChI=1S/C30H40N6/c1-4-6-8-15-26(5-2)16-13-20-34-21-23-35(24-22-34)29(27-17-9-7-10-18-27)30(33-31)36(32)28-19-12-11-14-25(28)3/h5-19,29H,2,4,20-24,31-32H2,1,3H3/b8-6-,16-13+,26-15+,33-30-. The molecule has 1 atom stereocenters. The van der Waals surface area contributed by atoms with E-state index in [1.807, 2.05) is 55.5 Å². The molecule has 0 aliphatic carbocycles. The number of aryl methyl sites for hydroxylation is 1. The molecule has 0 saturated carbocycles. The lowest BCUT2D eigenvalue weighted by atomic mass is 10.0. The van der Waals surface area contributed by atoms with Crippen molar-refractivity contribution in [1.82, 2.24) is 9.80 Å². The molecule has 3 rings (SSSR count). The Morgan fingerprint density at radius 2 is 1.75 bits per heavy atom. The second-order valence-corrected chi connectivity index (χ2v) is 8.90. The maximum atomic E-state index is 6.63. The Bertz CT molecular complexity index is 1080. The Labute approximate surface area is 216 Å². The number of hydrazine groups is 1. The van der Waals surface area contributed by atoms with Crippen LogP contribution in [0, 0.1) is 6.92 Å². The van der Waals surface area contributed by atoms with E-state index in [0.717, 1.165) is 61.5 Å². The monoisotopic (exact) mass is 484 g/mol. The van der Waals surface area contributed by atoms with Crippen molar-refractivity contribution >= 4 is 11.5 Å². The molecule has 2 aromatic carbocycles. The molecule has 1 fully saturated rings. The number of nitrogens with zero attached hydrogens (tertiary/aromatic N) is 4. The molecule has 1 saturated heterocycles. The molecule has 1 aliphatic rings. The number of nitrogens with two attached hydrogens (primary N) is 2. The van der Waals surface area contributed by atoms with Gasteiger partial charge in [-0.25, -0.2) is 5.84 Å². The van der Waals surface area contributed by atoms with Gasteiger partial charge in [0.25, 0.3) is 0 Å². The van der Waals surface area contributed by atoms with Gasteiger partial charge in [0.15, 0.2) is 5.84 Å². The third-order valence-corrected chi connectivity index (χ3v) is 6.46. The van der Waals surface area contributed by atoms with E-state index in [9.17, 15) is 0 Å². The minimum Gasteiger partial charge on any atom is -0.321 e. The summed E-state index contributed by atoms with van der Waals surface area (Å²) >= 11 is 0. The van der Waals surface area contributed by atoms with Gasteiger partial charge in [-0.3, -0.25) is 14.8 Å². The van der Waals surface area contributed by atoms with E-state index in [1.165, 1.54) is 0 Å². The number of para-hydroxylation sites is 1. The number of hydrazone groups is 1. The fourth-order valence-electron chi connectivity index (χ4n) is 4.43. The second-order valence-electron chi connectivity index (χ2n) is 8.90. The summed E-state index contributed by atoms with van der Waals surface area (Å²) in [5.74, 6) is 13.2. The van der Waals surface area contributed by atoms with Crippen molar-refractivity contribution < 1.29 is 0 Å². The number of hydrogen-bond acceptors (Lipinski definition) is 5. The molecule has 0 aromatic heterocycles. The molecule has 0 bridgehead atoms. The van der Waals surface area contributed by atoms with E-state index in [-0.39, 0.29) is 6.04 Å². The molecule has 0 spiro atoms. The van der Waals surface area contributed by atoms with Gasteiger partial charge in [0.1, 0.15) is 0 Å². The van der Waals surface area contributed by atoms with E-state index in [0.29, 0.717) is 5.84 Å². The molecule has 1 heterocycles. The molecule has 1 aliphatic heterocycles. The third-order valence-electron chi connectivity index (χ3n) is 6.46. The Hall–Kier alpha value is -3.45. The number of allylic oxidation sites excluding steroid dienone is 6. The van der Waals surface area contributed by atoms with Crippen LogP contribution in [-0.4, -0.2) is 48.4 Å². The van der Waals surface area contributed by atoms with Crippen LogP contribution in [0.3, 0.4) is 0 Å². The maximum absolute atomic E-state index is 6.63. The molecule has 2 aromatic rings. The topological polar surface area (TPSA) is 74.1 Å². The van der Waals surface area contributed by atoms with Gasteiger partial charge in [0, 0.05) is 32.7 Å². The number of hydrogen-bond donors (Lipinski definition) is 2. The number of rotatable bonds is 10. The Balaban J connectivity index is 1.73. The van der Waals surface area contributed by atoms with Crippen LogP contribution in [0.5, 0.6) is 0 Å². The quantitative estimate of drug-likeness (QED) is 0.164. The molecular weight excluding hydrogens is 444 g/mol. The van der Waals surface area contributed by atoms with E-state index >= 15 is 0 Å². The fourth-order valence-corrected chi connectivity index (χ4v) is 4.43. The lowest BCUT2D eigenvalue weighted by Gasteiger charge is -2.41. The van der Waals surface area contributed by atoms with E-state index in [2.05, 4.69) is 70.9 Å². The van der Waals surface area contributed by atoms with Crippen LogP contribution in [0.15, 0.2) is 108 Å². The van der Waals surface area contributed by atoms with Crippen molar-refractivity contribution in [2.75, 3.05) is 37.7 Å². The molecule has 4 N–H and O–H groups in total. The first kappa shape index (κ1) is 27.1. The zero-order valence-corrected chi connectivity index (χ0v) is 21.6. The van der Waals surface area contributed by atoms with E-state index < -0.39 is 0 Å². The highest BCUT2D eigenvalue weighted by atomic mass is 15.5. The number of anilines is 1. The number of amidine groups is 1. The van der Waals surface area contributed by atoms with Gasteiger partial charge >= 0.3 is 0 Å². The highest BCUT2D eigenvalue weighted by molar-refractivity contribution is 6.01. The Morgan fingerprint density at radius 3 is 2.39 bits per heavy atom. The largest absolute Gasteiger partial charge is 0.321 e. The van der Waals surface area contributed by atoms with Crippen LogP contribution in [0.25, 0.3) is 0 Å². The van der Waals surface area contributed by atoms with Gasteiger partial charge in [-0.05, 0) is 36.1 Å². The normalized spacial score (nSPS) is 17.1. The molecule has 36 heavy (non-hydrogen) atoms. The minimum atomic E-state index is -0.140. The van der Waals surface area contributed by atoms with E-state index in [4.69, 9.17) is 11.7 Å². The lowest BCUT2D eigenvalue weighted by molar-refractivity contribution is 0.126. The predicted octanol–water partition coefficient (Wildman–Crippen LogP) is 4.94. The van der Waals surface area contributed by atoms with E-state index in [1.54, 1.807) is 5.01 Å². The fraction of sp³-hybridized carbons (Fsp3) is 0.300. The van der Waals surface area contributed by atoms with Crippen LogP contribution in [-0.2, 0) is 0 Å². The minimum absolute atomic E-state index is 0.140. The Kier molecular flexibility index (Phi) is 10.7. The average Bonchev–Trinajstić information content (AvgIpc) is 2.92. The molecule has 0 radical (unpaired) electrons. The van der Waals surface area contributed by atoms with Crippen LogP contribution >= 0.6 is 0 Å². The van der Waals surface area contributed by atoms with Crippen LogP contribution < -0.4 is 16.7 Å². The zero-order chi connectivity index (χ0) is 25.8. The van der Waals surface area contributed by atoms with Gasteiger partial charge in [-0.1, -0.05) is 98.5 Å². The highest BCUT2D eigenvalue weighted by Crippen LogP contribution is 2.28. The van der Waals surface area contributed by atoms with Crippen molar-refractivity contribution in [1.29, 1.82) is 0 Å². The molecular formula is C30H40N6. The predicted molar refractivity (Wildman–Crippen MR) is 154 cm³/mol. The van der Waals surface area contributed by atoms with Crippen LogP contribution in [0.2, 0.25) is 0 Å². The van der Waals surface area contributed by atoms with Crippen molar-refractivity contribution in [2.24, 2.45) is 16.8 Å². The Morgan fingerprint density at radius 1 is 1.06 bits per heavy atom. The number of piperazine rings is 1. The van der Waals surface area contributed by atoms with Crippen molar-refractivity contribution in [3.63, 3.8) is 0 Å². The lowest BCUT2D eigenvalue weighted by Crippen LogP contribution is -2.53. The smallest absolute Gasteiger partial charge is 0.165 e. The first-order valence-corrected chi connectivity index (χ1v) is 12.6. The summed E-state index contributed by atoms with van der Waals surface area (Å²) in [4.78, 5) is 4.88. The SMILES string of the molecule is C=CC(/C=C/CN1CCN(C(/C(=N/N)N(N)c2ccccc2C)c2ccccc2)CC1)=C\C=C/CC. The summed E-state index contributed by atoms with van der Waals surface area (Å²) in [6.07, 6.45) is 13.6. The van der Waals surface area contributed by atoms with Gasteiger partial charge in [0.2, 0.25) is 0 Å². The maximum Gasteiger partial charge on any atom is 0.165 e. The van der Waals surface area contributed by atoms with Crippen molar-refractivity contribution in [3.05, 3.63) is 114 Å². The first-order chi connectivity index (χ1) is 17.6. The van der Waals surface area contributed by atoms with Crippen molar-refractivity contribution in [3.8, 4) is 0 Å². The molecule has 1 unspecified atom stereocenters. The molecule has 190 valence electrons. The summed E-state index contributed by atoms with van der Waals surface area (Å²) in [5.41, 5.74) is 4.21. The van der Waals surface area contributed by atoms with Crippen LogP contribution in [0.1, 0.15) is 30.5 Å². The molecule has 0 amide bonds. The summed E-state index contributed by atoms with van der Waals surface area (Å²) < 4.78 is 0. The molecule has 6 heteroatoms. The van der Waals surface area contributed by atoms with Gasteiger partial charge in [0.05, 0.1) is 11.7 Å². The van der Waals surface area contributed by atoms with Gasteiger partial charge in [-0.2, -0.15) is 5.10 Å². The van der Waals surface area contributed by atoms with Crippen molar-refractivity contribution in [2.45, 2.75) is 26.3 Å².